The maximum absolute atomic E-state index is 12.6. The quantitative estimate of drug-likeness (QED) is 0.837. The lowest BCUT2D eigenvalue weighted by Crippen LogP contribution is -2.45. The van der Waals surface area contributed by atoms with Crippen LogP contribution < -0.4 is 0 Å². The maximum atomic E-state index is 12.6. The van der Waals surface area contributed by atoms with E-state index >= 15 is 0 Å². The first-order valence-corrected chi connectivity index (χ1v) is 8.35. The van der Waals surface area contributed by atoms with Crippen molar-refractivity contribution in [1.82, 2.24) is 19.4 Å². The van der Waals surface area contributed by atoms with Crippen LogP contribution in [0.3, 0.4) is 0 Å². The lowest BCUT2D eigenvalue weighted by Gasteiger charge is -2.32. The zero-order valence-electron chi connectivity index (χ0n) is 11.6. The van der Waals surface area contributed by atoms with Gasteiger partial charge < -0.3 is 4.74 Å². The molecule has 1 aromatic rings. The molecule has 0 radical (unpaired) electrons. The largest absolute Gasteiger partial charge is 0.379 e. The van der Waals surface area contributed by atoms with Crippen molar-refractivity contribution < 1.29 is 13.2 Å². The molecule has 2 saturated heterocycles. The minimum atomic E-state index is -3.42. The molecule has 3 heterocycles. The van der Waals surface area contributed by atoms with Crippen LogP contribution in [0.5, 0.6) is 0 Å². The van der Waals surface area contributed by atoms with Crippen LogP contribution in [0, 0.1) is 6.92 Å². The van der Waals surface area contributed by atoms with Crippen LogP contribution in [-0.4, -0.2) is 73.3 Å². The van der Waals surface area contributed by atoms with E-state index in [4.69, 9.17) is 4.74 Å². The van der Waals surface area contributed by atoms with Crippen molar-refractivity contribution in [1.29, 1.82) is 0 Å². The number of aromatic amines is 1. The number of nitrogens with zero attached hydrogens (tertiary/aromatic N) is 3. The van der Waals surface area contributed by atoms with E-state index in [0.29, 0.717) is 29.7 Å². The zero-order chi connectivity index (χ0) is 14.2. The predicted octanol–water partition coefficient (Wildman–Crippen LogP) is -0.187. The molecule has 0 aromatic carbocycles. The van der Waals surface area contributed by atoms with Gasteiger partial charge in [0.2, 0.25) is 10.0 Å². The summed E-state index contributed by atoms with van der Waals surface area (Å²) in [5.41, 5.74) is 0.597. The van der Waals surface area contributed by atoms with E-state index in [2.05, 4.69) is 15.1 Å². The highest BCUT2D eigenvalue weighted by molar-refractivity contribution is 7.89. The van der Waals surface area contributed by atoms with Gasteiger partial charge >= 0.3 is 0 Å². The number of nitrogens with one attached hydrogen (secondary N) is 1. The Hall–Kier alpha value is -0.960. The average molecular weight is 300 g/mol. The minimum absolute atomic E-state index is 0.292. The molecule has 0 amide bonds. The van der Waals surface area contributed by atoms with Gasteiger partial charge in [0.1, 0.15) is 4.90 Å². The molecular weight excluding hydrogens is 280 g/mol. The Balaban J connectivity index is 1.72. The summed E-state index contributed by atoms with van der Waals surface area (Å²) in [5.74, 6) is 0. The van der Waals surface area contributed by atoms with Gasteiger partial charge in [0, 0.05) is 32.2 Å². The second kappa shape index (κ2) is 5.44. The maximum Gasteiger partial charge on any atom is 0.246 e. The normalized spacial score (nSPS) is 26.1. The van der Waals surface area contributed by atoms with Gasteiger partial charge in [-0.1, -0.05) is 0 Å². The van der Waals surface area contributed by atoms with E-state index in [1.807, 2.05) is 0 Å². The number of sulfonamides is 1. The summed E-state index contributed by atoms with van der Waals surface area (Å²) in [4.78, 5) is 2.63. The Labute approximate surface area is 118 Å². The highest BCUT2D eigenvalue weighted by atomic mass is 32.2. The van der Waals surface area contributed by atoms with Crippen LogP contribution in [0.4, 0.5) is 0 Å². The number of hydrogen-bond donors (Lipinski definition) is 1. The van der Waals surface area contributed by atoms with Crippen LogP contribution >= 0.6 is 0 Å². The number of aryl methyl sites for hydroxylation is 1. The molecule has 1 atom stereocenters. The molecule has 0 bridgehead atoms. The van der Waals surface area contributed by atoms with Crippen molar-refractivity contribution in [2.24, 2.45) is 0 Å². The van der Waals surface area contributed by atoms with Crippen LogP contribution in [0.15, 0.2) is 11.1 Å². The Morgan fingerprint density at radius 1 is 1.35 bits per heavy atom. The SMILES string of the molecule is Cc1[nH]ncc1S(=O)(=O)N1CCC(N2CCOCC2)C1. The molecule has 2 fully saturated rings. The summed E-state index contributed by atoms with van der Waals surface area (Å²) in [5, 5.41) is 6.50. The monoisotopic (exact) mass is 300 g/mol. The second-order valence-electron chi connectivity index (χ2n) is 5.31. The third kappa shape index (κ3) is 2.48. The van der Waals surface area contributed by atoms with E-state index in [1.54, 1.807) is 11.2 Å². The third-order valence-electron chi connectivity index (χ3n) is 4.09. The van der Waals surface area contributed by atoms with Gasteiger partial charge in [0.15, 0.2) is 0 Å². The Kier molecular flexibility index (Phi) is 3.80. The zero-order valence-corrected chi connectivity index (χ0v) is 12.4. The molecule has 20 heavy (non-hydrogen) atoms. The lowest BCUT2D eigenvalue weighted by molar-refractivity contribution is 0.0197. The van der Waals surface area contributed by atoms with E-state index in [-0.39, 0.29) is 0 Å². The molecule has 7 nitrogen and oxygen atoms in total. The fourth-order valence-electron chi connectivity index (χ4n) is 2.91. The lowest BCUT2D eigenvalue weighted by atomic mass is 10.2. The summed E-state index contributed by atoms with van der Waals surface area (Å²) in [6.07, 6.45) is 2.28. The number of morpholine rings is 1. The van der Waals surface area contributed by atoms with Crippen molar-refractivity contribution in [3.8, 4) is 0 Å². The van der Waals surface area contributed by atoms with Crippen LogP contribution in [-0.2, 0) is 14.8 Å². The number of aromatic nitrogens is 2. The van der Waals surface area contributed by atoms with Crippen molar-refractivity contribution in [3.63, 3.8) is 0 Å². The van der Waals surface area contributed by atoms with Gasteiger partial charge in [-0.15, -0.1) is 0 Å². The molecule has 8 heteroatoms. The third-order valence-corrected chi connectivity index (χ3v) is 6.07. The highest BCUT2D eigenvalue weighted by Gasteiger charge is 2.36. The van der Waals surface area contributed by atoms with Crippen molar-refractivity contribution in [2.45, 2.75) is 24.3 Å². The summed E-state index contributed by atoms with van der Waals surface area (Å²) >= 11 is 0. The Morgan fingerprint density at radius 2 is 2.10 bits per heavy atom. The number of hydrogen-bond acceptors (Lipinski definition) is 5. The first-order chi connectivity index (χ1) is 9.59. The molecule has 0 aliphatic carbocycles. The number of ether oxygens (including phenoxy) is 1. The molecule has 3 rings (SSSR count). The molecule has 2 aliphatic heterocycles. The second-order valence-corrected chi connectivity index (χ2v) is 7.22. The Morgan fingerprint density at radius 3 is 2.75 bits per heavy atom. The molecule has 1 aromatic heterocycles. The van der Waals surface area contributed by atoms with E-state index < -0.39 is 10.0 Å². The molecule has 0 saturated carbocycles. The first-order valence-electron chi connectivity index (χ1n) is 6.91. The summed E-state index contributed by atoms with van der Waals surface area (Å²) in [6.45, 7) is 6.14. The molecule has 1 N–H and O–H groups in total. The standard InChI is InChI=1S/C12H20N4O3S/c1-10-12(8-13-14-10)20(17,18)16-3-2-11(9-16)15-4-6-19-7-5-15/h8,11H,2-7,9H2,1H3,(H,13,14). The smallest absolute Gasteiger partial charge is 0.246 e. The average Bonchev–Trinajstić information content (AvgIpc) is 3.08. The fraction of sp³-hybridized carbons (Fsp3) is 0.750. The summed E-state index contributed by atoms with van der Waals surface area (Å²) < 4.78 is 32.1. The van der Waals surface area contributed by atoms with Crippen molar-refractivity contribution >= 4 is 10.0 Å². The predicted molar refractivity (Wildman–Crippen MR) is 72.9 cm³/mol. The molecule has 2 aliphatic rings. The molecule has 1 unspecified atom stereocenters. The molecular formula is C12H20N4O3S. The first kappa shape index (κ1) is 14.0. The van der Waals surface area contributed by atoms with Gasteiger partial charge in [-0.25, -0.2) is 8.42 Å². The fourth-order valence-corrected chi connectivity index (χ4v) is 4.52. The van der Waals surface area contributed by atoms with Crippen LogP contribution in [0.1, 0.15) is 12.1 Å². The highest BCUT2D eigenvalue weighted by Crippen LogP contribution is 2.25. The van der Waals surface area contributed by atoms with E-state index in [9.17, 15) is 8.42 Å². The van der Waals surface area contributed by atoms with Crippen LogP contribution in [0.2, 0.25) is 0 Å². The van der Waals surface area contributed by atoms with Gasteiger partial charge in [0.05, 0.1) is 25.1 Å². The topological polar surface area (TPSA) is 78.5 Å². The van der Waals surface area contributed by atoms with Gasteiger partial charge in [-0.05, 0) is 13.3 Å². The number of rotatable bonds is 3. The van der Waals surface area contributed by atoms with E-state index in [1.165, 1.54) is 6.20 Å². The van der Waals surface area contributed by atoms with Gasteiger partial charge in [0.25, 0.3) is 0 Å². The molecule has 112 valence electrons. The van der Waals surface area contributed by atoms with E-state index in [0.717, 1.165) is 32.7 Å². The number of H-pyrrole nitrogens is 1. The Bertz CT molecular complexity index is 565. The van der Waals surface area contributed by atoms with Crippen molar-refractivity contribution in [2.75, 3.05) is 39.4 Å². The minimum Gasteiger partial charge on any atom is -0.379 e. The van der Waals surface area contributed by atoms with Crippen LogP contribution in [0.25, 0.3) is 0 Å². The van der Waals surface area contributed by atoms with Crippen molar-refractivity contribution in [3.05, 3.63) is 11.9 Å². The summed E-state index contributed by atoms with van der Waals surface area (Å²) in [7, 11) is -3.42. The summed E-state index contributed by atoms with van der Waals surface area (Å²) in [6, 6.07) is 0.306. The molecule has 0 spiro atoms. The van der Waals surface area contributed by atoms with Gasteiger partial charge in [-0.3, -0.25) is 10.00 Å². The van der Waals surface area contributed by atoms with Gasteiger partial charge in [-0.2, -0.15) is 9.40 Å².